The fourth-order valence-electron chi connectivity index (χ4n) is 1.19. The van der Waals surface area contributed by atoms with Gasteiger partial charge in [0.2, 0.25) is 5.95 Å². The van der Waals surface area contributed by atoms with E-state index in [-0.39, 0.29) is 5.82 Å². The summed E-state index contributed by atoms with van der Waals surface area (Å²) in [6.07, 6.45) is 2.58. The number of nitrogens with one attached hydrogen (secondary N) is 1. The third kappa shape index (κ3) is 1.83. The molecule has 0 aromatic carbocycles. The van der Waals surface area contributed by atoms with Gasteiger partial charge in [-0.2, -0.15) is 10.1 Å². The molecule has 1 N–H and O–H groups in total. The minimum Gasteiger partial charge on any atom is -0.357 e. The molecule has 0 atom stereocenters. The number of halogens is 2. The molecule has 2 heterocycles. The third-order valence-corrected chi connectivity index (χ3v) is 2.38. The van der Waals surface area contributed by atoms with E-state index in [9.17, 15) is 4.39 Å². The fraction of sp³-hybridized carbons (Fsp3) is 0.222. The lowest BCUT2D eigenvalue weighted by molar-refractivity contribution is 0.593. The fourth-order valence-corrected chi connectivity index (χ4v) is 1.32. The Morgan fingerprint density at radius 2 is 2.25 bits per heavy atom. The molecule has 0 amide bonds. The van der Waals surface area contributed by atoms with E-state index in [4.69, 9.17) is 11.6 Å². The van der Waals surface area contributed by atoms with E-state index >= 15 is 0 Å². The minimum absolute atomic E-state index is 0.0642. The second kappa shape index (κ2) is 4.05. The Kier molecular flexibility index (Phi) is 2.74. The Hall–Kier alpha value is -1.69. The van der Waals surface area contributed by atoms with Crippen LogP contribution in [-0.4, -0.2) is 26.8 Å². The first kappa shape index (κ1) is 10.8. The molecule has 7 heteroatoms. The van der Waals surface area contributed by atoms with Crippen molar-refractivity contribution in [1.29, 1.82) is 0 Å². The van der Waals surface area contributed by atoms with Crippen molar-refractivity contribution in [2.45, 2.75) is 6.92 Å². The molecular formula is C9H9ClFN5. The van der Waals surface area contributed by atoms with Crippen molar-refractivity contribution in [2.75, 3.05) is 12.4 Å². The molecule has 0 spiro atoms. The summed E-state index contributed by atoms with van der Waals surface area (Å²) in [5.41, 5.74) is 0.616. The molecular weight excluding hydrogens is 233 g/mol. The predicted octanol–water partition coefficient (Wildman–Crippen LogP) is 1.80. The number of hydrogen-bond donors (Lipinski definition) is 1. The van der Waals surface area contributed by atoms with Gasteiger partial charge in [-0.25, -0.2) is 14.1 Å². The van der Waals surface area contributed by atoms with Crippen molar-refractivity contribution in [3.05, 3.63) is 28.9 Å². The highest BCUT2D eigenvalue weighted by atomic mass is 35.5. The molecule has 0 radical (unpaired) electrons. The van der Waals surface area contributed by atoms with Crippen LogP contribution in [0.15, 0.2) is 12.4 Å². The van der Waals surface area contributed by atoms with E-state index < -0.39 is 5.82 Å². The van der Waals surface area contributed by atoms with E-state index in [0.29, 0.717) is 16.7 Å². The maximum absolute atomic E-state index is 13.5. The van der Waals surface area contributed by atoms with E-state index in [2.05, 4.69) is 20.4 Å². The number of nitrogens with zero attached hydrogens (tertiary/aromatic N) is 4. The largest absolute Gasteiger partial charge is 0.357 e. The highest BCUT2D eigenvalue weighted by Crippen LogP contribution is 2.17. The van der Waals surface area contributed by atoms with Crippen LogP contribution in [0.25, 0.3) is 5.82 Å². The number of aryl methyl sites for hydroxylation is 1. The lowest BCUT2D eigenvalue weighted by atomic mass is 10.5. The summed E-state index contributed by atoms with van der Waals surface area (Å²) in [6.45, 7) is 1.73. The Balaban J connectivity index is 2.54. The van der Waals surface area contributed by atoms with Crippen LogP contribution >= 0.6 is 11.6 Å². The second-order valence-electron chi connectivity index (χ2n) is 3.12. The first-order valence-corrected chi connectivity index (χ1v) is 4.92. The smallest absolute Gasteiger partial charge is 0.224 e. The SMILES string of the molecule is CNc1ncc(F)c(-n2cc(Cl)c(C)n2)n1. The van der Waals surface area contributed by atoms with Crippen LogP contribution in [-0.2, 0) is 0 Å². The zero-order valence-electron chi connectivity index (χ0n) is 8.70. The van der Waals surface area contributed by atoms with Crippen molar-refractivity contribution in [1.82, 2.24) is 19.7 Å². The standard InChI is InChI=1S/C9H9ClFN5/c1-5-6(10)4-16(15-5)8-7(11)3-13-9(12-2)14-8/h3-4H,1-2H3,(H,12,13,14). The zero-order valence-corrected chi connectivity index (χ0v) is 9.46. The van der Waals surface area contributed by atoms with E-state index in [1.54, 1.807) is 14.0 Å². The molecule has 0 saturated carbocycles. The Labute approximate surface area is 96.3 Å². The van der Waals surface area contributed by atoms with Gasteiger partial charge in [0.25, 0.3) is 0 Å². The van der Waals surface area contributed by atoms with Crippen molar-refractivity contribution >= 4 is 17.5 Å². The normalized spacial score (nSPS) is 10.5. The topological polar surface area (TPSA) is 55.6 Å². The maximum atomic E-state index is 13.5. The molecule has 0 fully saturated rings. The molecule has 5 nitrogen and oxygen atoms in total. The molecule has 0 saturated heterocycles. The minimum atomic E-state index is -0.557. The number of hydrogen-bond acceptors (Lipinski definition) is 4. The molecule has 0 aliphatic carbocycles. The summed E-state index contributed by atoms with van der Waals surface area (Å²) < 4.78 is 14.8. The lowest BCUT2D eigenvalue weighted by Gasteiger charge is -2.03. The molecule has 84 valence electrons. The van der Waals surface area contributed by atoms with Crippen LogP contribution in [0, 0.1) is 12.7 Å². The van der Waals surface area contributed by atoms with Crippen molar-refractivity contribution in [2.24, 2.45) is 0 Å². The Bertz CT molecular complexity index is 505. The van der Waals surface area contributed by atoms with Crippen LogP contribution in [0.3, 0.4) is 0 Å². The maximum Gasteiger partial charge on any atom is 0.224 e. The van der Waals surface area contributed by atoms with Crippen LogP contribution in [0.5, 0.6) is 0 Å². The summed E-state index contributed by atoms with van der Waals surface area (Å²) in [7, 11) is 1.65. The summed E-state index contributed by atoms with van der Waals surface area (Å²) in [6, 6.07) is 0. The molecule has 2 aromatic rings. The van der Waals surface area contributed by atoms with Gasteiger partial charge in [-0.1, -0.05) is 11.6 Å². The molecule has 0 bridgehead atoms. The summed E-state index contributed by atoms with van der Waals surface area (Å²) in [5, 5.41) is 7.23. The quantitative estimate of drug-likeness (QED) is 0.871. The van der Waals surface area contributed by atoms with Crippen molar-refractivity contribution < 1.29 is 4.39 Å². The zero-order chi connectivity index (χ0) is 11.7. The van der Waals surface area contributed by atoms with Crippen molar-refractivity contribution in [3.8, 4) is 5.82 Å². The predicted molar refractivity (Wildman–Crippen MR) is 58.4 cm³/mol. The van der Waals surface area contributed by atoms with Gasteiger partial charge in [-0.15, -0.1) is 0 Å². The molecule has 0 unspecified atom stereocenters. The highest BCUT2D eigenvalue weighted by Gasteiger charge is 2.11. The molecule has 16 heavy (non-hydrogen) atoms. The van der Waals surface area contributed by atoms with Crippen LogP contribution < -0.4 is 5.32 Å². The van der Waals surface area contributed by atoms with Crippen molar-refractivity contribution in [3.63, 3.8) is 0 Å². The van der Waals surface area contributed by atoms with Gasteiger partial charge >= 0.3 is 0 Å². The Morgan fingerprint density at radius 3 is 2.81 bits per heavy atom. The third-order valence-electron chi connectivity index (χ3n) is 2.01. The number of rotatable bonds is 2. The highest BCUT2D eigenvalue weighted by molar-refractivity contribution is 6.31. The number of aromatic nitrogens is 4. The summed E-state index contributed by atoms with van der Waals surface area (Å²) >= 11 is 5.84. The first-order valence-electron chi connectivity index (χ1n) is 4.54. The van der Waals surface area contributed by atoms with Crippen LogP contribution in [0.2, 0.25) is 5.02 Å². The molecule has 0 aliphatic rings. The summed E-state index contributed by atoms with van der Waals surface area (Å²) in [5.74, 6) is -0.173. The molecule has 0 aliphatic heterocycles. The van der Waals surface area contributed by atoms with Gasteiger partial charge in [0.05, 0.1) is 23.1 Å². The second-order valence-corrected chi connectivity index (χ2v) is 3.53. The van der Waals surface area contributed by atoms with Crippen LogP contribution in [0.1, 0.15) is 5.69 Å². The number of anilines is 1. The average molecular weight is 242 g/mol. The van der Waals surface area contributed by atoms with E-state index in [0.717, 1.165) is 6.20 Å². The first-order chi connectivity index (χ1) is 7.61. The Morgan fingerprint density at radius 1 is 1.50 bits per heavy atom. The van der Waals surface area contributed by atoms with Gasteiger partial charge in [0.15, 0.2) is 11.6 Å². The summed E-state index contributed by atoms with van der Waals surface area (Å²) in [4.78, 5) is 7.70. The monoisotopic (exact) mass is 241 g/mol. The van der Waals surface area contributed by atoms with E-state index in [1.165, 1.54) is 10.9 Å². The van der Waals surface area contributed by atoms with Gasteiger partial charge in [0.1, 0.15) is 0 Å². The van der Waals surface area contributed by atoms with Crippen LogP contribution in [0.4, 0.5) is 10.3 Å². The van der Waals surface area contributed by atoms with Gasteiger partial charge < -0.3 is 5.32 Å². The van der Waals surface area contributed by atoms with Gasteiger partial charge in [-0.3, -0.25) is 0 Å². The average Bonchev–Trinajstić information content (AvgIpc) is 2.60. The van der Waals surface area contributed by atoms with Gasteiger partial charge in [-0.05, 0) is 6.92 Å². The molecule has 2 aromatic heterocycles. The lowest BCUT2D eigenvalue weighted by Crippen LogP contribution is -2.06. The molecule has 2 rings (SSSR count). The van der Waals surface area contributed by atoms with Gasteiger partial charge in [0, 0.05) is 7.05 Å². The van der Waals surface area contributed by atoms with E-state index in [1.807, 2.05) is 0 Å².